The lowest BCUT2D eigenvalue weighted by Crippen LogP contribution is -2.10. The Bertz CT molecular complexity index is 2590. The van der Waals surface area contributed by atoms with Crippen LogP contribution in [-0.4, -0.2) is 4.57 Å². The maximum atomic E-state index is 6.70. The summed E-state index contributed by atoms with van der Waals surface area (Å²) in [6.07, 6.45) is -0.320. The van der Waals surface area contributed by atoms with E-state index in [1.54, 1.807) is 0 Å². The molecule has 0 spiro atoms. The normalized spacial score (nSPS) is 14.4. The van der Waals surface area contributed by atoms with Gasteiger partial charge in [-0.3, -0.25) is 0 Å². The minimum absolute atomic E-state index is 0.320. The van der Waals surface area contributed by atoms with Crippen LogP contribution in [0.25, 0.3) is 71.3 Å². The molecule has 212 valence electrons. The zero-order valence-corrected chi connectivity index (χ0v) is 24.2. The Hall–Kier alpha value is -6.00. The van der Waals surface area contributed by atoms with Gasteiger partial charge in [-0.1, -0.05) is 103 Å². The van der Waals surface area contributed by atoms with Crippen LogP contribution in [0.3, 0.4) is 0 Å². The first-order valence-electron chi connectivity index (χ1n) is 15.3. The summed E-state index contributed by atoms with van der Waals surface area (Å²) in [5.41, 5.74) is 9.40. The maximum absolute atomic E-state index is 6.70. The van der Waals surface area contributed by atoms with Crippen molar-refractivity contribution in [3.05, 3.63) is 151 Å². The highest BCUT2D eigenvalue weighted by Crippen LogP contribution is 2.50. The molecule has 1 atom stereocenters. The predicted octanol–water partition coefficient (Wildman–Crippen LogP) is 11.0. The first-order chi connectivity index (χ1) is 22.3. The van der Waals surface area contributed by atoms with Crippen molar-refractivity contribution in [3.8, 4) is 22.6 Å². The fraction of sp³-hybridized carbons (Fsp3) is 0.0244. The highest BCUT2D eigenvalue weighted by Gasteiger charge is 2.30. The maximum Gasteiger partial charge on any atom is 0.196 e. The average Bonchev–Trinajstić information content (AvgIpc) is 3.79. The van der Waals surface area contributed by atoms with E-state index >= 15 is 0 Å². The highest BCUT2D eigenvalue weighted by molar-refractivity contribution is 6.16. The molecular formula is C41H26N2O2. The quantitative estimate of drug-likeness (QED) is 0.227. The van der Waals surface area contributed by atoms with E-state index in [0.717, 1.165) is 55.8 Å². The van der Waals surface area contributed by atoms with Crippen molar-refractivity contribution in [1.82, 2.24) is 4.57 Å². The summed E-state index contributed by atoms with van der Waals surface area (Å²) >= 11 is 0. The van der Waals surface area contributed by atoms with Gasteiger partial charge >= 0.3 is 0 Å². The predicted molar refractivity (Wildman–Crippen MR) is 184 cm³/mol. The van der Waals surface area contributed by atoms with Crippen molar-refractivity contribution in [2.24, 2.45) is 0 Å². The van der Waals surface area contributed by atoms with Crippen molar-refractivity contribution in [2.45, 2.75) is 6.23 Å². The molecule has 4 nitrogen and oxygen atoms in total. The lowest BCUT2D eigenvalue weighted by molar-refractivity contribution is 0.263. The van der Waals surface area contributed by atoms with Crippen molar-refractivity contribution in [1.29, 1.82) is 0 Å². The van der Waals surface area contributed by atoms with Crippen molar-refractivity contribution in [2.75, 3.05) is 5.32 Å². The SMILES string of the molecule is c1ccc(-c2cc3c(c4c2oc2ccccc24)OC(c2ccc(-n4c5ccccc5c5cc6ccccc6cc54)cc2)N3)cc1. The Morgan fingerprint density at radius 2 is 1.29 bits per heavy atom. The molecule has 3 heterocycles. The number of rotatable bonds is 3. The van der Waals surface area contributed by atoms with Gasteiger partial charge in [0.1, 0.15) is 11.2 Å². The van der Waals surface area contributed by atoms with Crippen LogP contribution in [0.5, 0.6) is 5.75 Å². The topological polar surface area (TPSA) is 39.3 Å². The molecule has 0 bridgehead atoms. The Balaban J connectivity index is 1.08. The van der Waals surface area contributed by atoms with Gasteiger partial charge in [0.2, 0.25) is 0 Å². The second kappa shape index (κ2) is 9.25. The molecule has 2 aromatic heterocycles. The van der Waals surface area contributed by atoms with E-state index in [-0.39, 0.29) is 6.23 Å². The fourth-order valence-electron chi connectivity index (χ4n) is 7.10. The summed E-state index contributed by atoms with van der Waals surface area (Å²) in [4.78, 5) is 0. The molecule has 0 aliphatic carbocycles. The molecule has 0 fully saturated rings. The number of hydrogen-bond donors (Lipinski definition) is 1. The highest BCUT2D eigenvalue weighted by atomic mass is 16.5. The second-order valence-electron chi connectivity index (χ2n) is 11.8. The molecule has 1 aliphatic rings. The molecule has 0 radical (unpaired) electrons. The molecule has 0 saturated carbocycles. The first-order valence-corrected chi connectivity index (χ1v) is 15.3. The van der Waals surface area contributed by atoms with Gasteiger partial charge in [0, 0.05) is 33.0 Å². The van der Waals surface area contributed by atoms with Crippen LogP contribution in [0.15, 0.2) is 150 Å². The number of aromatic nitrogens is 1. The van der Waals surface area contributed by atoms with Crippen molar-refractivity contribution >= 4 is 60.2 Å². The van der Waals surface area contributed by atoms with Gasteiger partial charge in [0.25, 0.3) is 0 Å². The van der Waals surface area contributed by atoms with Crippen molar-refractivity contribution < 1.29 is 9.15 Å². The molecule has 1 unspecified atom stereocenters. The number of para-hydroxylation sites is 2. The smallest absolute Gasteiger partial charge is 0.196 e. The summed E-state index contributed by atoms with van der Waals surface area (Å²) in [7, 11) is 0. The zero-order chi connectivity index (χ0) is 29.5. The number of nitrogens with one attached hydrogen (secondary N) is 1. The minimum atomic E-state index is -0.320. The summed E-state index contributed by atoms with van der Waals surface area (Å²) < 4.78 is 15.5. The van der Waals surface area contributed by atoms with Crippen molar-refractivity contribution in [3.63, 3.8) is 0 Å². The van der Waals surface area contributed by atoms with Crippen LogP contribution < -0.4 is 10.1 Å². The summed E-state index contributed by atoms with van der Waals surface area (Å²) in [6.45, 7) is 0. The number of anilines is 1. The van der Waals surface area contributed by atoms with E-state index < -0.39 is 0 Å². The average molecular weight is 579 g/mol. The van der Waals surface area contributed by atoms with Gasteiger partial charge in [-0.15, -0.1) is 0 Å². The lowest BCUT2D eigenvalue weighted by Gasteiger charge is -2.14. The van der Waals surface area contributed by atoms with E-state index in [9.17, 15) is 0 Å². The number of hydrogen-bond acceptors (Lipinski definition) is 3. The Labute approximate surface area is 258 Å². The molecule has 0 amide bonds. The third-order valence-electron chi connectivity index (χ3n) is 9.20. The van der Waals surface area contributed by atoms with Crippen LogP contribution in [0.1, 0.15) is 11.8 Å². The van der Waals surface area contributed by atoms with E-state index in [0.29, 0.717) is 0 Å². The summed E-state index contributed by atoms with van der Waals surface area (Å²) in [6, 6.07) is 51.3. The largest absolute Gasteiger partial charge is 0.464 e. The lowest BCUT2D eigenvalue weighted by atomic mass is 10.0. The molecule has 1 N–H and O–H groups in total. The number of fused-ring (bicyclic) bond motifs is 9. The van der Waals surface area contributed by atoms with E-state index in [1.165, 1.54) is 32.6 Å². The van der Waals surface area contributed by atoms with Gasteiger partial charge in [0.05, 0.1) is 22.1 Å². The Morgan fingerprint density at radius 3 is 2.13 bits per heavy atom. The number of ether oxygens (including phenoxy) is 1. The molecule has 1 aliphatic heterocycles. The van der Waals surface area contributed by atoms with Gasteiger partial charge < -0.3 is 19.0 Å². The van der Waals surface area contributed by atoms with Crippen LogP contribution in [0.4, 0.5) is 5.69 Å². The third-order valence-corrected chi connectivity index (χ3v) is 9.20. The summed E-state index contributed by atoms with van der Waals surface area (Å²) in [5.74, 6) is 0.831. The Kier molecular flexibility index (Phi) is 5.02. The molecular weight excluding hydrogens is 552 g/mol. The second-order valence-corrected chi connectivity index (χ2v) is 11.8. The zero-order valence-electron chi connectivity index (χ0n) is 24.2. The minimum Gasteiger partial charge on any atom is -0.464 e. The standard InChI is InChI=1S/C41H26N2O2/c1-2-10-25(11-3-1)32-24-34-40(38-31-15-7-9-17-37(31)44-39(32)38)45-41(42-34)26-18-20-29(21-19-26)43-35-16-8-6-14-30(35)33-22-27-12-4-5-13-28(27)23-36(33)43/h1-24,41-42H. The van der Waals surface area contributed by atoms with Gasteiger partial charge in [0.15, 0.2) is 12.0 Å². The molecule has 10 rings (SSSR count). The van der Waals surface area contributed by atoms with Gasteiger partial charge in [-0.05, 0) is 58.8 Å². The molecule has 4 heteroatoms. The number of benzene rings is 7. The molecule has 0 saturated heterocycles. The van der Waals surface area contributed by atoms with E-state index in [2.05, 4.69) is 137 Å². The van der Waals surface area contributed by atoms with Crippen LogP contribution in [0, 0.1) is 0 Å². The van der Waals surface area contributed by atoms with Crippen LogP contribution in [-0.2, 0) is 0 Å². The molecule has 7 aromatic carbocycles. The molecule has 45 heavy (non-hydrogen) atoms. The van der Waals surface area contributed by atoms with Crippen LogP contribution >= 0.6 is 0 Å². The van der Waals surface area contributed by atoms with Gasteiger partial charge in [-0.25, -0.2) is 0 Å². The summed E-state index contributed by atoms with van der Waals surface area (Å²) in [5, 5.41) is 10.7. The van der Waals surface area contributed by atoms with Crippen LogP contribution in [0.2, 0.25) is 0 Å². The number of nitrogens with zero attached hydrogens (tertiary/aromatic N) is 1. The molecule has 9 aromatic rings. The third kappa shape index (κ3) is 3.60. The number of furan rings is 1. The fourth-order valence-corrected chi connectivity index (χ4v) is 7.10. The monoisotopic (exact) mass is 578 g/mol. The Morgan fingerprint density at radius 1 is 0.578 bits per heavy atom. The van der Waals surface area contributed by atoms with E-state index in [4.69, 9.17) is 9.15 Å². The van der Waals surface area contributed by atoms with Gasteiger partial charge in [-0.2, -0.15) is 0 Å². The first kappa shape index (κ1) is 24.4. The van der Waals surface area contributed by atoms with E-state index in [1.807, 2.05) is 18.2 Å².